The zero-order chi connectivity index (χ0) is 11.5. The van der Waals surface area contributed by atoms with E-state index in [1.807, 2.05) is 0 Å². The molecule has 16 heavy (non-hydrogen) atoms. The first-order valence-electron chi connectivity index (χ1n) is 5.51. The van der Waals surface area contributed by atoms with E-state index in [1.54, 1.807) is 18.0 Å². The number of methoxy groups -OCH3 is 1. The summed E-state index contributed by atoms with van der Waals surface area (Å²) in [4.78, 5) is 10.7. The van der Waals surface area contributed by atoms with Crippen LogP contribution in [0, 0.1) is 0 Å². The van der Waals surface area contributed by atoms with Gasteiger partial charge < -0.3 is 9.84 Å². The summed E-state index contributed by atoms with van der Waals surface area (Å²) >= 11 is 0. The van der Waals surface area contributed by atoms with Gasteiger partial charge in [-0.05, 0) is 25.7 Å². The predicted molar refractivity (Wildman–Crippen MR) is 57.5 cm³/mol. The Labute approximate surface area is 94.0 Å². The smallest absolute Gasteiger partial charge is 0.338 e. The van der Waals surface area contributed by atoms with Crippen molar-refractivity contribution in [1.82, 2.24) is 9.78 Å². The number of rotatable bonds is 3. The molecule has 0 radical (unpaired) electrons. The van der Waals surface area contributed by atoms with Crippen LogP contribution in [0.4, 0.5) is 0 Å². The van der Waals surface area contributed by atoms with Gasteiger partial charge in [0.25, 0.3) is 0 Å². The van der Waals surface area contributed by atoms with Crippen LogP contribution >= 0.6 is 0 Å². The molecular weight excluding hydrogens is 208 g/mol. The molecule has 5 nitrogen and oxygen atoms in total. The van der Waals surface area contributed by atoms with Crippen LogP contribution in [0.1, 0.15) is 42.1 Å². The van der Waals surface area contributed by atoms with Crippen LogP contribution in [0.5, 0.6) is 0 Å². The number of nitrogens with zero attached hydrogens (tertiary/aromatic N) is 2. The maximum absolute atomic E-state index is 10.7. The second-order valence-electron chi connectivity index (χ2n) is 4.19. The lowest BCUT2D eigenvalue weighted by atomic mass is 9.93. The molecule has 1 aliphatic carbocycles. The summed E-state index contributed by atoms with van der Waals surface area (Å²) in [6.45, 7) is 0. The lowest BCUT2D eigenvalue weighted by Crippen LogP contribution is -2.24. The lowest BCUT2D eigenvalue weighted by Gasteiger charge is -2.28. The Morgan fingerprint density at radius 1 is 1.62 bits per heavy atom. The van der Waals surface area contributed by atoms with E-state index in [0.717, 1.165) is 25.7 Å². The van der Waals surface area contributed by atoms with E-state index in [-0.39, 0.29) is 17.7 Å². The molecule has 5 heteroatoms. The molecule has 1 aliphatic rings. The molecule has 1 fully saturated rings. The van der Waals surface area contributed by atoms with Gasteiger partial charge in [-0.3, -0.25) is 4.68 Å². The Balaban J connectivity index is 2.08. The van der Waals surface area contributed by atoms with Gasteiger partial charge in [0, 0.05) is 13.3 Å². The summed E-state index contributed by atoms with van der Waals surface area (Å²) in [7, 11) is 1.72. The minimum absolute atomic E-state index is 0.250. The molecule has 0 bridgehead atoms. The molecule has 2 rings (SSSR count). The summed E-state index contributed by atoms with van der Waals surface area (Å²) < 4.78 is 7.10. The highest BCUT2D eigenvalue weighted by Crippen LogP contribution is 2.29. The standard InChI is InChI=1S/C11H16N2O3/c1-16-10-4-2-3-9(5-10)13-7-8(6-12-13)11(14)15/h6-7,9-10H,2-5H2,1H3,(H,14,15). The van der Waals surface area contributed by atoms with Gasteiger partial charge in [-0.2, -0.15) is 5.10 Å². The zero-order valence-electron chi connectivity index (χ0n) is 9.30. The van der Waals surface area contributed by atoms with Crippen LogP contribution < -0.4 is 0 Å². The van der Waals surface area contributed by atoms with Gasteiger partial charge in [-0.15, -0.1) is 0 Å². The second kappa shape index (κ2) is 4.65. The summed E-state index contributed by atoms with van der Waals surface area (Å²) in [5.74, 6) is -0.926. The molecule has 0 spiro atoms. The molecule has 88 valence electrons. The Morgan fingerprint density at radius 3 is 3.06 bits per heavy atom. The third-order valence-electron chi connectivity index (χ3n) is 3.15. The van der Waals surface area contributed by atoms with Crippen LogP contribution in [0.15, 0.2) is 12.4 Å². The number of hydrogen-bond acceptors (Lipinski definition) is 3. The largest absolute Gasteiger partial charge is 0.478 e. The van der Waals surface area contributed by atoms with E-state index in [4.69, 9.17) is 9.84 Å². The average Bonchev–Trinajstić information content (AvgIpc) is 2.78. The predicted octanol–water partition coefficient (Wildman–Crippen LogP) is 1.71. The summed E-state index contributed by atoms with van der Waals surface area (Å²) in [6.07, 6.45) is 7.42. The highest BCUT2D eigenvalue weighted by Gasteiger charge is 2.24. The first-order chi connectivity index (χ1) is 7.70. The molecule has 1 aromatic rings. The molecule has 0 aliphatic heterocycles. The summed E-state index contributed by atoms with van der Waals surface area (Å²) in [5, 5.41) is 12.9. The normalized spacial score (nSPS) is 25.6. The topological polar surface area (TPSA) is 64.3 Å². The van der Waals surface area contributed by atoms with Gasteiger partial charge in [0.1, 0.15) is 0 Å². The Morgan fingerprint density at radius 2 is 2.44 bits per heavy atom. The molecule has 1 saturated carbocycles. The van der Waals surface area contributed by atoms with Gasteiger partial charge in [0.15, 0.2) is 0 Å². The van der Waals surface area contributed by atoms with Crippen molar-refractivity contribution in [1.29, 1.82) is 0 Å². The van der Waals surface area contributed by atoms with Gasteiger partial charge in [0.05, 0.1) is 23.9 Å². The number of aromatic nitrogens is 2. The molecule has 0 saturated heterocycles. The Kier molecular flexibility index (Phi) is 3.24. The SMILES string of the molecule is COC1CCCC(n2cc(C(=O)O)cn2)C1. The molecule has 1 aromatic heterocycles. The molecule has 2 unspecified atom stereocenters. The number of hydrogen-bond donors (Lipinski definition) is 1. The van der Waals surface area contributed by atoms with E-state index in [1.165, 1.54) is 6.20 Å². The number of aromatic carboxylic acids is 1. The van der Waals surface area contributed by atoms with Crippen molar-refractivity contribution in [3.05, 3.63) is 18.0 Å². The van der Waals surface area contributed by atoms with Gasteiger partial charge >= 0.3 is 5.97 Å². The van der Waals surface area contributed by atoms with Crippen LogP contribution in [0.2, 0.25) is 0 Å². The highest BCUT2D eigenvalue weighted by atomic mass is 16.5. The second-order valence-corrected chi connectivity index (χ2v) is 4.19. The molecule has 0 aromatic carbocycles. The third kappa shape index (κ3) is 2.24. The molecule has 1 heterocycles. The fourth-order valence-electron chi connectivity index (χ4n) is 2.22. The molecule has 0 amide bonds. The van der Waals surface area contributed by atoms with Crippen molar-refractivity contribution in [3.63, 3.8) is 0 Å². The van der Waals surface area contributed by atoms with Gasteiger partial charge in [0.2, 0.25) is 0 Å². The van der Waals surface area contributed by atoms with Crippen molar-refractivity contribution >= 4 is 5.97 Å². The number of carboxylic acids is 1. The fourth-order valence-corrected chi connectivity index (χ4v) is 2.22. The van der Waals surface area contributed by atoms with Crippen molar-refractivity contribution in [2.45, 2.75) is 37.8 Å². The summed E-state index contributed by atoms with van der Waals surface area (Å²) in [6, 6.07) is 0.270. The minimum atomic E-state index is -0.926. The minimum Gasteiger partial charge on any atom is -0.478 e. The first kappa shape index (κ1) is 11.1. The van der Waals surface area contributed by atoms with E-state index < -0.39 is 5.97 Å². The van der Waals surface area contributed by atoms with Crippen LogP contribution in [-0.2, 0) is 4.74 Å². The lowest BCUT2D eigenvalue weighted by molar-refractivity contribution is 0.0508. The number of carboxylic acid groups (broad SMARTS) is 1. The number of ether oxygens (including phenoxy) is 1. The monoisotopic (exact) mass is 224 g/mol. The van der Waals surface area contributed by atoms with Crippen LogP contribution in [0.25, 0.3) is 0 Å². The number of carbonyl (C=O) groups is 1. The quantitative estimate of drug-likeness (QED) is 0.848. The highest BCUT2D eigenvalue weighted by molar-refractivity contribution is 5.86. The van der Waals surface area contributed by atoms with Gasteiger partial charge in [-0.25, -0.2) is 4.79 Å². The first-order valence-corrected chi connectivity index (χ1v) is 5.51. The maximum Gasteiger partial charge on any atom is 0.338 e. The Bertz CT molecular complexity index is 375. The molecular formula is C11H16N2O3. The van der Waals surface area contributed by atoms with E-state index >= 15 is 0 Å². The van der Waals surface area contributed by atoms with Crippen molar-refractivity contribution < 1.29 is 14.6 Å². The summed E-state index contributed by atoms with van der Waals surface area (Å²) in [5.41, 5.74) is 0.250. The Hall–Kier alpha value is -1.36. The molecule has 1 N–H and O–H groups in total. The zero-order valence-corrected chi connectivity index (χ0v) is 9.30. The van der Waals surface area contributed by atoms with E-state index in [2.05, 4.69) is 5.10 Å². The van der Waals surface area contributed by atoms with Crippen LogP contribution in [0.3, 0.4) is 0 Å². The van der Waals surface area contributed by atoms with Crippen molar-refractivity contribution in [2.24, 2.45) is 0 Å². The van der Waals surface area contributed by atoms with Gasteiger partial charge in [-0.1, -0.05) is 0 Å². The fraction of sp³-hybridized carbons (Fsp3) is 0.636. The van der Waals surface area contributed by atoms with E-state index in [0.29, 0.717) is 0 Å². The third-order valence-corrected chi connectivity index (χ3v) is 3.15. The molecule has 2 atom stereocenters. The average molecular weight is 224 g/mol. The van der Waals surface area contributed by atoms with Crippen molar-refractivity contribution in [3.8, 4) is 0 Å². The maximum atomic E-state index is 10.7. The van der Waals surface area contributed by atoms with Crippen molar-refractivity contribution in [2.75, 3.05) is 7.11 Å². The van der Waals surface area contributed by atoms with Crippen LogP contribution in [-0.4, -0.2) is 34.1 Å². The van der Waals surface area contributed by atoms with E-state index in [9.17, 15) is 4.79 Å².